The van der Waals surface area contributed by atoms with E-state index in [4.69, 9.17) is 4.74 Å². The minimum absolute atomic E-state index is 0.0800. The Morgan fingerprint density at radius 1 is 1.24 bits per heavy atom. The van der Waals surface area contributed by atoms with Crippen LogP contribution in [-0.2, 0) is 6.42 Å². The number of nitrogens with zero attached hydrogens (tertiary/aromatic N) is 2. The third-order valence-electron chi connectivity index (χ3n) is 6.37. The summed E-state index contributed by atoms with van der Waals surface area (Å²) in [6.45, 7) is 3.24. The quantitative estimate of drug-likeness (QED) is 0.356. The number of aromatic amines is 1. The first-order chi connectivity index (χ1) is 16.5. The molecule has 0 spiro atoms. The molecular formula is C25H32F3N5O. The van der Waals surface area contributed by atoms with Crippen molar-refractivity contribution >= 4 is 16.7 Å². The second-order valence-corrected chi connectivity index (χ2v) is 8.64. The van der Waals surface area contributed by atoms with E-state index >= 15 is 0 Å². The number of anilines is 1. The number of benzene rings is 1. The molecule has 0 unspecified atom stereocenters. The Morgan fingerprint density at radius 3 is 2.82 bits per heavy atom. The van der Waals surface area contributed by atoms with Gasteiger partial charge in [-0.3, -0.25) is 9.29 Å². The van der Waals surface area contributed by atoms with Crippen LogP contribution in [-0.4, -0.2) is 67.3 Å². The number of pyridine rings is 1. The van der Waals surface area contributed by atoms with Crippen LogP contribution in [0.5, 0.6) is 5.75 Å². The van der Waals surface area contributed by atoms with Gasteiger partial charge in [0, 0.05) is 53.6 Å². The maximum absolute atomic E-state index is 13.6. The molecule has 184 valence electrons. The van der Waals surface area contributed by atoms with Gasteiger partial charge in [0.1, 0.15) is 11.6 Å². The molecular weight excluding hydrogens is 443 g/mol. The zero-order valence-electron chi connectivity index (χ0n) is 19.6. The van der Waals surface area contributed by atoms with Crippen molar-refractivity contribution in [3.8, 4) is 5.75 Å². The number of H-pyrrole nitrogens is 1. The molecule has 3 heterocycles. The third kappa shape index (κ3) is 5.15. The summed E-state index contributed by atoms with van der Waals surface area (Å²) in [5.41, 5.74) is 3.81. The molecule has 4 rings (SSSR count). The smallest absolute Gasteiger partial charge is 0.251 e. The molecule has 34 heavy (non-hydrogen) atoms. The fraction of sp³-hybridized carbons (Fsp3) is 0.480. The van der Waals surface area contributed by atoms with Crippen LogP contribution < -0.4 is 15.4 Å². The Labute approximate surface area is 197 Å². The van der Waals surface area contributed by atoms with Gasteiger partial charge in [-0.1, -0.05) is 18.2 Å². The highest BCUT2D eigenvalue weighted by Gasteiger charge is 2.38. The summed E-state index contributed by atoms with van der Waals surface area (Å²) in [4.78, 5) is 9.88. The van der Waals surface area contributed by atoms with Crippen LogP contribution in [0.25, 0.3) is 10.9 Å². The van der Waals surface area contributed by atoms with Crippen molar-refractivity contribution in [3.63, 3.8) is 0 Å². The van der Waals surface area contributed by atoms with Crippen LogP contribution in [0.3, 0.4) is 0 Å². The number of methoxy groups -OCH3 is 1. The van der Waals surface area contributed by atoms with E-state index in [1.807, 2.05) is 30.0 Å². The number of hydrogen-bond acceptors (Lipinski definition) is 5. The Bertz CT molecular complexity index is 1090. The highest BCUT2D eigenvalue weighted by atomic mass is 19.3. The maximum Gasteiger partial charge on any atom is 0.251 e. The predicted molar refractivity (Wildman–Crippen MR) is 129 cm³/mol. The number of hydrogen-bond donors (Lipinski definition) is 3. The zero-order valence-corrected chi connectivity index (χ0v) is 19.6. The summed E-state index contributed by atoms with van der Waals surface area (Å²) >= 11 is 0. The average molecular weight is 476 g/mol. The van der Waals surface area contributed by atoms with E-state index in [-0.39, 0.29) is 19.3 Å². The van der Waals surface area contributed by atoms with Crippen molar-refractivity contribution < 1.29 is 17.9 Å². The standard InChI is InChI=1S/C25H32F3N5O/c1-16-12-18-17-6-3-4-7-20(17)32-24(18)25(33(16)15-22(27)28)19-14-31-23(13-21(19)34-2)30-11-10-29-9-5-8-26/h3-4,6-7,13-14,16,22,25,29,32H,5,8-12,15H2,1-2H3,(H,30,31)/t16-,25-/m1/s1. The summed E-state index contributed by atoms with van der Waals surface area (Å²) in [7, 11) is 1.58. The normalized spacial score (nSPS) is 18.4. The fourth-order valence-electron chi connectivity index (χ4n) is 4.81. The Kier molecular flexibility index (Phi) is 7.95. The van der Waals surface area contributed by atoms with E-state index < -0.39 is 12.5 Å². The molecule has 0 fully saturated rings. The number of rotatable bonds is 11. The topological polar surface area (TPSA) is 65.2 Å². The molecule has 1 aliphatic heterocycles. The van der Waals surface area contributed by atoms with E-state index in [1.165, 1.54) is 0 Å². The SMILES string of the molecule is COc1cc(NCCNCCCF)ncc1[C@@H]1c2[nH]c3ccccc3c2C[C@@H](C)N1CC(F)F. The molecule has 9 heteroatoms. The van der Waals surface area contributed by atoms with Crippen LogP contribution in [0, 0.1) is 0 Å². The summed E-state index contributed by atoms with van der Waals surface area (Å²) in [6, 6.07) is 9.34. The predicted octanol–water partition coefficient (Wildman–Crippen LogP) is 4.53. The van der Waals surface area contributed by atoms with Gasteiger partial charge in [-0.15, -0.1) is 0 Å². The van der Waals surface area contributed by atoms with E-state index in [1.54, 1.807) is 19.4 Å². The molecule has 1 aliphatic rings. The van der Waals surface area contributed by atoms with E-state index in [2.05, 4.69) is 26.7 Å². The summed E-state index contributed by atoms with van der Waals surface area (Å²) < 4.78 is 45.1. The van der Waals surface area contributed by atoms with E-state index in [9.17, 15) is 13.2 Å². The number of alkyl halides is 3. The minimum Gasteiger partial charge on any atom is -0.496 e. The van der Waals surface area contributed by atoms with Gasteiger partial charge >= 0.3 is 0 Å². The van der Waals surface area contributed by atoms with Crippen molar-refractivity contribution in [2.45, 2.75) is 38.3 Å². The molecule has 2 atom stereocenters. The first-order valence-corrected chi connectivity index (χ1v) is 11.7. The Hall–Kier alpha value is -2.78. The number of fused-ring (bicyclic) bond motifs is 3. The highest BCUT2D eigenvalue weighted by Crippen LogP contribution is 2.43. The van der Waals surface area contributed by atoms with Crippen LogP contribution in [0.1, 0.15) is 36.2 Å². The van der Waals surface area contributed by atoms with Gasteiger partial charge < -0.3 is 20.4 Å². The lowest BCUT2D eigenvalue weighted by molar-refractivity contribution is 0.0449. The van der Waals surface area contributed by atoms with Crippen molar-refractivity contribution in [1.82, 2.24) is 20.2 Å². The molecule has 2 aromatic heterocycles. The molecule has 1 aromatic carbocycles. The van der Waals surface area contributed by atoms with Crippen LogP contribution in [0.15, 0.2) is 36.5 Å². The molecule has 0 bridgehead atoms. The molecule has 3 N–H and O–H groups in total. The monoisotopic (exact) mass is 475 g/mol. The van der Waals surface area contributed by atoms with Crippen molar-refractivity contribution in [3.05, 3.63) is 53.3 Å². The third-order valence-corrected chi connectivity index (χ3v) is 6.37. The highest BCUT2D eigenvalue weighted by molar-refractivity contribution is 5.85. The van der Waals surface area contributed by atoms with Crippen molar-refractivity contribution in [2.75, 3.05) is 45.3 Å². The molecule has 0 radical (unpaired) electrons. The van der Waals surface area contributed by atoms with Crippen LogP contribution in [0.2, 0.25) is 0 Å². The number of halogens is 3. The van der Waals surface area contributed by atoms with Gasteiger partial charge in [0.2, 0.25) is 0 Å². The second kappa shape index (κ2) is 11.1. The first kappa shape index (κ1) is 24.3. The van der Waals surface area contributed by atoms with Gasteiger partial charge in [-0.2, -0.15) is 0 Å². The largest absolute Gasteiger partial charge is 0.496 e. The number of aromatic nitrogens is 2. The van der Waals surface area contributed by atoms with Gasteiger partial charge in [0.15, 0.2) is 0 Å². The molecule has 3 aromatic rings. The number of para-hydroxylation sites is 1. The van der Waals surface area contributed by atoms with Gasteiger partial charge in [-0.05, 0) is 37.9 Å². The summed E-state index contributed by atoms with van der Waals surface area (Å²) in [6.07, 6.45) is 0.438. The van der Waals surface area contributed by atoms with Crippen LogP contribution >= 0.6 is 0 Å². The fourth-order valence-corrected chi connectivity index (χ4v) is 4.81. The lowest BCUT2D eigenvalue weighted by Crippen LogP contribution is -2.45. The minimum atomic E-state index is -2.46. The zero-order chi connectivity index (χ0) is 24.1. The Morgan fingerprint density at radius 2 is 2.06 bits per heavy atom. The lowest BCUT2D eigenvalue weighted by Gasteiger charge is -2.41. The second-order valence-electron chi connectivity index (χ2n) is 8.64. The summed E-state index contributed by atoms with van der Waals surface area (Å²) in [5.74, 6) is 1.22. The molecule has 0 amide bonds. The molecule has 0 saturated carbocycles. The molecule has 0 saturated heterocycles. The van der Waals surface area contributed by atoms with E-state index in [0.29, 0.717) is 44.0 Å². The Balaban J connectivity index is 1.66. The summed E-state index contributed by atoms with van der Waals surface area (Å²) in [5, 5.41) is 7.51. The van der Waals surface area contributed by atoms with Gasteiger partial charge in [0.25, 0.3) is 6.43 Å². The molecule has 0 aliphatic carbocycles. The van der Waals surface area contributed by atoms with Gasteiger partial charge in [-0.25, -0.2) is 13.8 Å². The first-order valence-electron chi connectivity index (χ1n) is 11.7. The van der Waals surface area contributed by atoms with Crippen molar-refractivity contribution in [1.29, 1.82) is 0 Å². The number of nitrogens with one attached hydrogen (secondary N) is 3. The van der Waals surface area contributed by atoms with E-state index in [0.717, 1.165) is 27.7 Å². The number of ether oxygens (including phenoxy) is 1. The average Bonchev–Trinajstić information content (AvgIpc) is 3.19. The maximum atomic E-state index is 13.6. The lowest BCUT2D eigenvalue weighted by atomic mass is 9.89. The van der Waals surface area contributed by atoms with Crippen molar-refractivity contribution in [2.24, 2.45) is 0 Å². The van der Waals surface area contributed by atoms with Crippen LogP contribution in [0.4, 0.5) is 19.0 Å². The molecule has 6 nitrogen and oxygen atoms in total. The van der Waals surface area contributed by atoms with Gasteiger partial charge in [0.05, 0.1) is 26.4 Å².